The lowest BCUT2D eigenvalue weighted by atomic mass is 9.69. The quantitative estimate of drug-likeness (QED) is 0.536. The van der Waals surface area contributed by atoms with Crippen LogP contribution in [-0.2, 0) is 10.4 Å². The second-order valence-electron chi connectivity index (χ2n) is 9.32. The van der Waals surface area contributed by atoms with Gasteiger partial charge in [0.2, 0.25) is 11.8 Å². The van der Waals surface area contributed by atoms with Gasteiger partial charge in [-0.05, 0) is 38.1 Å². The number of aromatic nitrogens is 2. The first-order valence-electron chi connectivity index (χ1n) is 10.7. The molecule has 1 aliphatic heterocycles. The minimum Gasteiger partial charge on any atom is -0.435 e. The van der Waals surface area contributed by atoms with E-state index in [4.69, 9.17) is 10.5 Å². The molecule has 0 fully saturated rings. The standard InChI is InChI=1S/C25H25FN4O4/c1-24(2,22(31)30-23(27)32)19-14-6-5-7-16(26)20(14)34-21-15(19)9-10-17(29-21)13-8-11-18(28-12-13)25(3,4)33/h5-12,19,33H,1-4H3,(H3,27,30,31,32)/t19-/m0/s1. The number of rotatable bonds is 4. The molecule has 1 aliphatic rings. The maximum Gasteiger partial charge on any atom is 0.318 e. The smallest absolute Gasteiger partial charge is 0.318 e. The van der Waals surface area contributed by atoms with Gasteiger partial charge in [-0.1, -0.05) is 32.0 Å². The van der Waals surface area contributed by atoms with Gasteiger partial charge in [0.1, 0.15) is 5.60 Å². The predicted octanol–water partition coefficient (Wildman–Crippen LogP) is 3.97. The van der Waals surface area contributed by atoms with Crippen molar-refractivity contribution >= 4 is 11.9 Å². The molecule has 4 rings (SSSR count). The van der Waals surface area contributed by atoms with Crippen molar-refractivity contribution in [2.75, 3.05) is 0 Å². The normalized spacial score (nSPS) is 15.1. The van der Waals surface area contributed by atoms with Crippen molar-refractivity contribution in [2.45, 2.75) is 39.2 Å². The highest BCUT2D eigenvalue weighted by atomic mass is 19.1. The lowest BCUT2D eigenvalue weighted by Crippen LogP contribution is -2.46. The molecule has 34 heavy (non-hydrogen) atoms. The number of aliphatic hydroxyl groups is 1. The van der Waals surface area contributed by atoms with Crippen molar-refractivity contribution < 1.29 is 23.8 Å². The molecule has 3 heterocycles. The number of amides is 3. The topological polar surface area (TPSA) is 127 Å². The third kappa shape index (κ3) is 4.10. The Kier molecular flexibility index (Phi) is 5.61. The second kappa shape index (κ2) is 8.18. The number of ether oxygens (including phenoxy) is 1. The zero-order chi connectivity index (χ0) is 24.8. The van der Waals surface area contributed by atoms with E-state index in [1.165, 1.54) is 12.1 Å². The summed E-state index contributed by atoms with van der Waals surface area (Å²) in [5.41, 5.74) is 5.59. The van der Waals surface area contributed by atoms with Crippen LogP contribution >= 0.6 is 0 Å². The fourth-order valence-corrected chi connectivity index (χ4v) is 4.13. The molecule has 0 saturated carbocycles. The Morgan fingerprint density at radius 2 is 1.82 bits per heavy atom. The number of carbonyl (C=O) groups excluding carboxylic acids is 2. The predicted molar refractivity (Wildman–Crippen MR) is 123 cm³/mol. The molecule has 0 saturated heterocycles. The fraction of sp³-hybridized carbons (Fsp3) is 0.280. The maximum absolute atomic E-state index is 14.8. The molecular weight excluding hydrogens is 439 g/mol. The Morgan fingerprint density at radius 1 is 1.09 bits per heavy atom. The number of nitrogens with one attached hydrogen (secondary N) is 1. The number of primary amides is 1. The summed E-state index contributed by atoms with van der Waals surface area (Å²) in [5, 5.41) is 12.3. The molecular formula is C25H25FN4O4. The lowest BCUT2D eigenvalue weighted by molar-refractivity contribution is -0.128. The summed E-state index contributed by atoms with van der Waals surface area (Å²) < 4.78 is 20.6. The average Bonchev–Trinajstić information content (AvgIpc) is 2.76. The number of pyridine rings is 2. The molecule has 0 radical (unpaired) electrons. The van der Waals surface area contributed by atoms with E-state index in [-0.39, 0.29) is 11.6 Å². The van der Waals surface area contributed by atoms with Crippen LogP contribution in [0.15, 0.2) is 48.7 Å². The highest BCUT2D eigenvalue weighted by Crippen LogP contribution is 2.52. The highest BCUT2D eigenvalue weighted by Gasteiger charge is 2.45. The molecule has 3 amide bonds. The van der Waals surface area contributed by atoms with Gasteiger partial charge in [-0.3, -0.25) is 15.1 Å². The monoisotopic (exact) mass is 464 g/mol. The molecule has 0 bridgehead atoms. The molecule has 0 aliphatic carbocycles. The first-order valence-corrected chi connectivity index (χ1v) is 10.7. The Hall–Kier alpha value is -3.85. The van der Waals surface area contributed by atoms with E-state index < -0.39 is 34.7 Å². The summed E-state index contributed by atoms with van der Waals surface area (Å²) in [6.45, 7) is 6.57. The van der Waals surface area contributed by atoms with E-state index in [0.29, 0.717) is 28.1 Å². The van der Waals surface area contributed by atoms with Gasteiger partial charge >= 0.3 is 6.03 Å². The first kappa shape index (κ1) is 23.3. The van der Waals surface area contributed by atoms with Gasteiger partial charge in [0.25, 0.3) is 0 Å². The Labute approximate surface area is 196 Å². The van der Waals surface area contributed by atoms with Crippen LogP contribution in [0.4, 0.5) is 9.18 Å². The number of hydrogen-bond donors (Lipinski definition) is 3. The van der Waals surface area contributed by atoms with E-state index in [1.807, 2.05) is 0 Å². The van der Waals surface area contributed by atoms with Crippen LogP contribution in [0.3, 0.4) is 0 Å². The number of halogens is 1. The molecule has 9 heteroatoms. The Morgan fingerprint density at radius 3 is 2.44 bits per heavy atom. The van der Waals surface area contributed by atoms with Gasteiger partial charge in [0, 0.05) is 28.8 Å². The average molecular weight is 464 g/mol. The van der Waals surface area contributed by atoms with Crippen LogP contribution in [0.25, 0.3) is 11.3 Å². The maximum atomic E-state index is 14.8. The molecule has 0 unspecified atom stereocenters. The third-order valence-electron chi connectivity index (χ3n) is 5.94. The SMILES string of the molecule is CC(C)(O)c1ccc(-c2ccc3c(n2)Oc2c(F)cccc2[C@@H]3C(C)(C)C(=O)NC(N)=O)cn1. The molecule has 2 aromatic heterocycles. The second-order valence-corrected chi connectivity index (χ2v) is 9.32. The Balaban J connectivity index is 1.82. The summed E-state index contributed by atoms with van der Waals surface area (Å²) in [7, 11) is 0. The van der Waals surface area contributed by atoms with Crippen LogP contribution in [0.1, 0.15) is 50.4 Å². The largest absolute Gasteiger partial charge is 0.435 e. The van der Waals surface area contributed by atoms with E-state index in [2.05, 4.69) is 15.3 Å². The fourth-order valence-electron chi connectivity index (χ4n) is 4.13. The number of hydrogen-bond acceptors (Lipinski definition) is 6. The third-order valence-corrected chi connectivity index (χ3v) is 5.94. The highest BCUT2D eigenvalue weighted by molar-refractivity contribution is 5.97. The summed E-state index contributed by atoms with van der Waals surface area (Å²) in [6.07, 6.45) is 1.58. The lowest BCUT2D eigenvalue weighted by Gasteiger charge is -2.37. The number of carbonyl (C=O) groups is 2. The molecule has 1 atom stereocenters. The molecule has 3 aromatic rings. The zero-order valence-electron chi connectivity index (χ0n) is 19.2. The van der Waals surface area contributed by atoms with Crippen molar-refractivity contribution in [2.24, 2.45) is 11.1 Å². The van der Waals surface area contributed by atoms with Gasteiger partial charge in [-0.15, -0.1) is 0 Å². The van der Waals surface area contributed by atoms with Gasteiger partial charge in [-0.25, -0.2) is 14.2 Å². The van der Waals surface area contributed by atoms with Crippen LogP contribution in [0.5, 0.6) is 11.6 Å². The van der Waals surface area contributed by atoms with Crippen molar-refractivity contribution in [1.82, 2.24) is 15.3 Å². The van der Waals surface area contributed by atoms with Crippen molar-refractivity contribution in [3.63, 3.8) is 0 Å². The van der Waals surface area contributed by atoms with Crippen molar-refractivity contribution in [3.8, 4) is 22.9 Å². The molecule has 176 valence electrons. The van der Waals surface area contributed by atoms with E-state index in [0.717, 1.165) is 0 Å². The van der Waals surface area contributed by atoms with Gasteiger partial charge < -0.3 is 15.6 Å². The van der Waals surface area contributed by atoms with Crippen LogP contribution in [0, 0.1) is 11.2 Å². The number of imide groups is 1. The molecule has 0 spiro atoms. The number of nitrogens with zero attached hydrogens (tertiary/aromatic N) is 2. The minimum absolute atomic E-state index is 0.0277. The van der Waals surface area contributed by atoms with Gasteiger partial charge in [0.15, 0.2) is 11.6 Å². The summed E-state index contributed by atoms with van der Waals surface area (Å²) in [4.78, 5) is 33.1. The van der Waals surface area contributed by atoms with Crippen molar-refractivity contribution in [1.29, 1.82) is 0 Å². The molecule has 4 N–H and O–H groups in total. The first-order chi connectivity index (χ1) is 15.9. The van der Waals surface area contributed by atoms with Gasteiger partial charge in [0.05, 0.1) is 16.8 Å². The van der Waals surface area contributed by atoms with E-state index in [1.54, 1.807) is 64.2 Å². The van der Waals surface area contributed by atoms with Gasteiger partial charge in [-0.2, -0.15) is 0 Å². The van der Waals surface area contributed by atoms with Crippen LogP contribution < -0.4 is 15.8 Å². The van der Waals surface area contributed by atoms with E-state index >= 15 is 0 Å². The van der Waals surface area contributed by atoms with E-state index in [9.17, 15) is 19.1 Å². The van der Waals surface area contributed by atoms with Crippen LogP contribution in [-0.4, -0.2) is 27.0 Å². The number of urea groups is 1. The molecule has 1 aromatic carbocycles. The van der Waals surface area contributed by atoms with Crippen LogP contribution in [0.2, 0.25) is 0 Å². The number of nitrogens with two attached hydrogens (primary N) is 1. The summed E-state index contributed by atoms with van der Waals surface area (Å²) >= 11 is 0. The molecule has 8 nitrogen and oxygen atoms in total. The number of benzene rings is 1. The Bertz CT molecular complexity index is 1280. The van der Waals surface area contributed by atoms with Crippen molar-refractivity contribution in [3.05, 3.63) is 71.3 Å². The minimum atomic E-state index is -1.20. The zero-order valence-corrected chi connectivity index (χ0v) is 19.2. The summed E-state index contributed by atoms with van der Waals surface area (Å²) in [5.74, 6) is -1.75. The number of fused-ring (bicyclic) bond motifs is 2. The number of para-hydroxylation sites is 1. The summed E-state index contributed by atoms with van der Waals surface area (Å²) in [6, 6.07) is 10.5.